The van der Waals surface area contributed by atoms with Gasteiger partial charge in [0.2, 0.25) is 0 Å². The second-order valence-corrected chi connectivity index (χ2v) is 5.17. The summed E-state index contributed by atoms with van der Waals surface area (Å²) >= 11 is 0. The van der Waals surface area contributed by atoms with Gasteiger partial charge in [0.05, 0.1) is 12.5 Å². The van der Waals surface area contributed by atoms with E-state index in [0.717, 1.165) is 13.0 Å². The fourth-order valence-corrected chi connectivity index (χ4v) is 2.65. The summed E-state index contributed by atoms with van der Waals surface area (Å²) in [4.78, 5) is 2.47. The summed E-state index contributed by atoms with van der Waals surface area (Å²) in [6.07, 6.45) is 4.18. The lowest BCUT2D eigenvalue weighted by atomic mass is 10.1. The molecule has 1 heterocycles. The summed E-state index contributed by atoms with van der Waals surface area (Å²) in [7, 11) is 0. The van der Waals surface area contributed by atoms with Crippen LogP contribution in [0, 0.1) is 11.3 Å². The molecule has 1 unspecified atom stereocenters. The lowest BCUT2D eigenvalue weighted by molar-refractivity contribution is 0.505. The Morgan fingerprint density at radius 3 is 2.74 bits per heavy atom. The van der Waals surface area contributed by atoms with Crippen LogP contribution in [-0.2, 0) is 6.54 Å². The van der Waals surface area contributed by atoms with Crippen LogP contribution in [-0.4, -0.2) is 19.1 Å². The minimum atomic E-state index is 0.302. The molecule has 0 aromatic heterocycles. The maximum absolute atomic E-state index is 8.79. The minimum Gasteiger partial charge on any atom is -0.371 e. The van der Waals surface area contributed by atoms with Crippen LogP contribution in [0.1, 0.15) is 38.2 Å². The smallest absolute Gasteiger partial charge is 0.0638 e. The molecule has 1 aromatic rings. The van der Waals surface area contributed by atoms with Gasteiger partial charge in [-0.05, 0) is 30.9 Å². The standard InChI is InChI=1S/C16H23N3/c1-2-15(9-10-17)18-13-14-7-3-4-8-16(14)19-11-5-6-12-19/h3-4,7-8,15,18H,2,5-6,9,11-13H2,1H3. The van der Waals surface area contributed by atoms with Crippen LogP contribution in [0.25, 0.3) is 0 Å². The average molecular weight is 257 g/mol. The van der Waals surface area contributed by atoms with E-state index in [1.54, 1.807) is 0 Å². The van der Waals surface area contributed by atoms with E-state index in [9.17, 15) is 0 Å². The molecule has 0 aliphatic carbocycles. The summed E-state index contributed by atoms with van der Waals surface area (Å²) in [5.41, 5.74) is 2.71. The average Bonchev–Trinajstić information content (AvgIpc) is 2.98. The van der Waals surface area contributed by atoms with Crippen LogP contribution in [0.3, 0.4) is 0 Å². The van der Waals surface area contributed by atoms with Crippen LogP contribution in [0.5, 0.6) is 0 Å². The molecule has 1 atom stereocenters. The Balaban J connectivity index is 2.01. The number of hydrogen-bond acceptors (Lipinski definition) is 3. The molecule has 0 spiro atoms. The number of para-hydroxylation sites is 1. The SMILES string of the molecule is CCC(CC#N)NCc1ccccc1N1CCCC1. The van der Waals surface area contributed by atoms with Crippen molar-refractivity contribution < 1.29 is 0 Å². The first-order chi connectivity index (χ1) is 9.35. The number of anilines is 1. The highest BCUT2D eigenvalue weighted by molar-refractivity contribution is 5.54. The molecule has 3 nitrogen and oxygen atoms in total. The molecule has 2 rings (SSSR count). The van der Waals surface area contributed by atoms with Crippen molar-refractivity contribution in [2.24, 2.45) is 0 Å². The Bertz CT molecular complexity index is 430. The molecular weight excluding hydrogens is 234 g/mol. The van der Waals surface area contributed by atoms with Gasteiger partial charge < -0.3 is 10.2 Å². The number of nitrogens with one attached hydrogen (secondary N) is 1. The van der Waals surface area contributed by atoms with Gasteiger partial charge in [0.1, 0.15) is 0 Å². The van der Waals surface area contributed by atoms with Crippen LogP contribution in [0.4, 0.5) is 5.69 Å². The summed E-state index contributed by atoms with van der Waals surface area (Å²) in [5.74, 6) is 0. The third-order valence-electron chi connectivity index (χ3n) is 3.85. The van der Waals surface area contributed by atoms with Crippen molar-refractivity contribution in [3.8, 4) is 6.07 Å². The first-order valence-electron chi connectivity index (χ1n) is 7.28. The number of nitriles is 1. The topological polar surface area (TPSA) is 39.1 Å². The summed E-state index contributed by atoms with van der Waals surface area (Å²) in [6, 6.07) is 11.2. The Morgan fingerprint density at radius 1 is 1.32 bits per heavy atom. The minimum absolute atomic E-state index is 0.302. The Kier molecular flexibility index (Phi) is 5.23. The van der Waals surface area contributed by atoms with E-state index in [1.165, 1.54) is 37.2 Å². The lowest BCUT2D eigenvalue weighted by Gasteiger charge is -2.22. The predicted molar refractivity (Wildman–Crippen MR) is 79.0 cm³/mol. The Morgan fingerprint density at radius 2 is 2.05 bits per heavy atom. The molecule has 0 radical (unpaired) electrons. The van der Waals surface area contributed by atoms with Gasteiger partial charge in [0.15, 0.2) is 0 Å². The Labute approximate surface area is 116 Å². The third-order valence-corrected chi connectivity index (χ3v) is 3.85. The first-order valence-corrected chi connectivity index (χ1v) is 7.28. The van der Waals surface area contributed by atoms with E-state index in [-0.39, 0.29) is 0 Å². The van der Waals surface area contributed by atoms with E-state index in [0.29, 0.717) is 12.5 Å². The van der Waals surface area contributed by atoms with E-state index >= 15 is 0 Å². The molecule has 19 heavy (non-hydrogen) atoms. The van der Waals surface area contributed by atoms with Gasteiger partial charge in [0.25, 0.3) is 0 Å². The molecule has 0 amide bonds. The fourth-order valence-electron chi connectivity index (χ4n) is 2.65. The number of benzene rings is 1. The molecular formula is C16H23N3. The normalized spacial score (nSPS) is 16.3. The van der Waals surface area contributed by atoms with Gasteiger partial charge in [-0.15, -0.1) is 0 Å². The van der Waals surface area contributed by atoms with Gasteiger partial charge in [-0.1, -0.05) is 25.1 Å². The number of rotatable bonds is 6. The first kappa shape index (κ1) is 13.9. The van der Waals surface area contributed by atoms with Gasteiger partial charge in [0, 0.05) is 31.4 Å². The molecule has 1 aromatic carbocycles. The summed E-state index contributed by atoms with van der Waals surface area (Å²) in [6.45, 7) is 5.33. The Hall–Kier alpha value is -1.53. The van der Waals surface area contributed by atoms with Crippen molar-refractivity contribution in [2.75, 3.05) is 18.0 Å². The van der Waals surface area contributed by atoms with Crippen molar-refractivity contribution >= 4 is 5.69 Å². The van der Waals surface area contributed by atoms with E-state index in [1.807, 2.05) is 0 Å². The zero-order valence-electron chi connectivity index (χ0n) is 11.7. The fraction of sp³-hybridized carbons (Fsp3) is 0.562. The maximum atomic E-state index is 8.79. The molecule has 1 N–H and O–H groups in total. The highest BCUT2D eigenvalue weighted by atomic mass is 15.1. The molecule has 0 bridgehead atoms. The van der Waals surface area contributed by atoms with Crippen molar-refractivity contribution in [1.29, 1.82) is 5.26 Å². The molecule has 3 heteroatoms. The highest BCUT2D eigenvalue weighted by Gasteiger charge is 2.15. The van der Waals surface area contributed by atoms with E-state index in [4.69, 9.17) is 5.26 Å². The summed E-state index contributed by atoms with van der Waals surface area (Å²) < 4.78 is 0. The van der Waals surface area contributed by atoms with Gasteiger partial charge in [-0.2, -0.15) is 5.26 Å². The van der Waals surface area contributed by atoms with Crippen molar-refractivity contribution in [2.45, 2.75) is 45.2 Å². The third kappa shape index (κ3) is 3.71. The van der Waals surface area contributed by atoms with Crippen molar-refractivity contribution in [3.05, 3.63) is 29.8 Å². The van der Waals surface area contributed by atoms with Crippen LogP contribution in [0.2, 0.25) is 0 Å². The van der Waals surface area contributed by atoms with E-state index < -0.39 is 0 Å². The zero-order chi connectivity index (χ0) is 13.5. The maximum Gasteiger partial charge on any atom is 0.0638 e. The number of hydrogen-bond donors (Lipinski definition) is 1. The molecule has 1 aliphatic heterocycles. The van der Waals surface area contributed by atoms with Gasteiger partial charge >= 0.3 is 0 Å². The number of nitrogens with zero attached hydrogens (tertiary/aromatic N) is 2. The van der Waals surface area contributed by atoms with Gasteiger partial charge in [-0.3, -0.25) is 0 Å². The highest BCUT2D eigenvalue weighted by Crippen LogP contribution is 2.24. The molecule has 0 saturated carbocycles. The largest absolute Gasteiger partial charge is 0.371 e. The van der Waals surface area contributed by atoms with Crippen molar-refractivity contribution in [3.63, 3.8) is 0 Å². The second kappa shape index (κ2) is 7.16. The summed E-state index contributed by atoms with van der Waals surface area (Å²) in [5, 5.41) is 12.3. The van der Waals surface area contributed by atoms with Gasteiger partial charge in [-0.25, -0.2) is 0 Å². The van der Waals surface area contributed by atoms with E-state index in [2.05, 4.69) is 47.5 Å². The monoisotopic (exact) mass is 257 g/mol. The quantitative estimate of drug-likeness (QED) is 0.851. The van der Waals surface area contributed by atoms with Crippen molar-refractivity contribution in [1.82, 2.24) is 5.32 Å². The molecule has 1 aliphatic rings. The van der Waals surface area contributed by atoms with Crippen LogP contribution >= 0.6 is 0 Å². The van der Waals surface area contributed by atoms with Crippen LogP contribution in [0.15, 0.2) is 24.3 Å². The van der Waals surface area contributed by atoms with Crippen LogP contribution < -0.4 is 10.2 Å². The second-order valence-electron chi connectivity index (χ2n) is 5.17. The molecule has 1 saturated heterocycles. The molecule has 102 valence electrons. The predicted octanol–water partition coefficient (Wildman–Crippen LogP) is 3.07. The lowest BCUT2D eigenvalue weighted by Crippen LogP contribution is -2.28. The zero-order valence-corrected chi connectivity index (χ0v) is 11.7. The molecule has 1 fully saturated rings.